The average Bonchev–Trinajstić information content (AvgIpc) is 2.67. The minimum absolute atomic E-state index is 0.0319. The number of benzene rings is 1. The van der Waals surface area contributed by atoms with Crippen LogP contribution in [0, 0.1) is 11.8 Å². The van der Waals surface area contributed by atoms with E-state index in [-0.39, 0.29) is 34.7 Å². The maximum absolute atomic E-state index is 12.6. The Bertz CT molecular complexity index is 853. The molecule has 0 aromatic heterocycles. The van der Waals surface area contributed by atoms with Gasteiger partial charge in [-0.1, -0.05) is 0 Å². The third kappa shape index (κ3) is 4.79. The Hall–Kier alpha value is -1.97. The van der Waals surface area contributed by atoms with E-state index in [1.807, 2.05) is 0 Å². The number of sulfonamides is 1. The molecular formula is C20H29N3O5S. The fourth-order valence-electron chi connectivity index (χ4n) is 4.36. The topological polar surface area (TPSA) is 105 Å². The number of methoxy groups -OCH3 is 1. The van der Waals surface area contributed by atoms with E-state index in [0.717, 1.165) is 17.1 Å². The van der Waals surface area contributed by atoms with Gasteiger partial charge in [0.05, 0.1) is 4.90 Å². The van der Waals surface area contributed by atoms with Gasteiger partial charge in [-0.2, -0.15) is 0 Å². The van der Waals surface area contributed by atoms with Gasteiger partial charge < -0.3 is 15.4 Å². The quantitative estimate of drug-likeness (QED) is 0.710. The Kier molecular flexibility index (Phi) is 6.60. The van der Waals surface area contributed by atoms with E-state index in [4.69, 9.17) is 4.74 Å². The smallest absolute Gasteiger partial charge is 0.251 e. The van der Waals surface area contributed by atoms with Crippen molar-refractivity contribution in [2.45, 2.75) is 42.7 Å². The van der Waals surface area contributed by atoms with Crippen molar-refractivity contribution in [1.29, 1.82) is 0 Å². The number of fused-ring (bicyclic) bond motifs is 1. The van der Waals surface area contributed by atoms with Gasteiger partial charge in [0.15, 0.2) is 0 Å². The van der Waals surface area contributed by atoms with Gasteiger partial charge in [0.2, 0.25) is 15.9 Å². The molecule has 4 atom stereocenters. The van der Waals surface area contributed by atoms with Crippen LogP contribution < -0.4 is 10.6 Å². The van der Waals surface area contributed by atoms with Gasteiger partial charge in [-0.05, 0) is 55.4 Å². The summed E-state index contributed by atoms with van der Waals surface area (Å²) in [7, 11) is 1.06. The molecule has 2 aliphatic rings. The van der Waals surface area contributed by atoms with Crippen LogP contribution in [-0.4, -0.2) is 64.4 Å². The Labute approximate surface area is 172 Å². The fourth-order valence-corrected chi connectivity index (χ4v) is 5.27. The lowest BCUT2D eigenvalue weighted by molar-refractivity contribution is -0.128. The van der Waals surface area contributed by atoms with Gasteiger partial charge in [-0.25, -0.2) is 12.7 Å². The van der Waals surface area contributed by atoms with Crippen LogP contribution in [0.5, 0.6) is 0 Å². The molecule has 3 rings (SSSR count). The predicted octanol–water partition coefficient (Wildman–Crippen LogP) is 0.987. The highest BCUT2D eigenvalue weighted by molar-refractivity contribution is 7.89. The van der Waals surface area contributed by atoms with E-state index in [9.17, 15) is 18.0 Å². The molecule has 9 heteroatoms. The van der Waals surface area contributed by atoms with Gasteiger partial charge in [0.25, 0.3) is 5.91 Å². The Balaban J connectivity index is 1.62. The van der Waals surface area contributed by atoms with Gasteiger partial charge in [0.1, 0.15) is 0 Å². The van der Waals surface area contributed by atoms with Crippen molar-refractivity contribution in [3.8, 4) is 0 Å². The molecule has 0 radical (unpaired) electrons. The third-order valence-electron chi connectivity index (χ3n) is 5.91. The van der Waals surface area contributed by atoms with Gasteiger partial charge >= 0.3 is 0 Å². The van der Waals surface area contributed by atoms with Crippen molar-refractivity contribution in [3.05, 3.63) is 29.8 Å². The number of carbonyl (C=O) groups excluding carboxylic acids is 2. The summed E-state index contributed by atoms with van der Waals surface area (Å²) in [6.45, 7) is 0.577. The first-order valence-electron chi connectivity index (χ1n) is 9.84. The van der Waals surface area contributed by atoms with Crippen molar-refractivity contribution in [2.75, 3.05) is 27.8 Å². The molecule has 8 nitrogen and oxygen atoms in total. The molecule has 4 unspecified atom stereocenters. The SMILES string of the molecule is COCC1CC(=O)NC2CC(NC(=O)c3ccc(S(=O)(=O)N(C)C)cc3)CCC12. The van der Waals surface area contributed by atoms with E-state index in [0.29, 0.717) is 30.9 Å². The standard InChI is InChI=1S/C20H29N3O5S/c1-23(2)29(26,27)16-7-4-13(5-8-16)20(25)21-15-6-9-17-14(12-28-3)10-19(24)22-18(17)11-15/h4-5,7-8,14-15,17-18H,6,9-12H2,1-3H3,(H,21,25)(H,22,24). The van der Waals surface area contributed by atoms with Crippen LogP contribution in [0.1, 0.15) is 36.0 Å². The number of amides is 2. The molecule has 1 heterocycles. The van der Waals surface area contributed by atoms with Gasteiger partial charge in [-0.3, -0.25) is 9.59 Å². The van der Waals surface area contributed by atoms with Crippen molar-refractivity contribution in [1.82, 2.24) is 14.9 Å². The van der Waals surface area contributed by atoms with E-state index >= 15 is 0 Å². The highest BCUT2D eigenvalue weighted by atomic mass is 32.2. The second-order valence-electron chi connectivity index (χ2n) is 8.05. The molecule has 0 bridgehead atoms. The highest BCUT2D eigenvalue weighted by Crippen LogP contribution is 2.35. The molecule has 160 valence electrons. The van der Waals surface area contributed by atoms with Crippen LogP contribution in [0.2, 0.25) is 0 Å². The molecule has 1 aliphatic carbocycles. The lowest BCUT2D eigenvalue weighted by Gasteiger charge is -2.43. The Morgan fingerprint density at radius 3 is 2.55 bits per heavy atom. The van der Waals surface area contributed by atoms with E-state index in [1.54, 1.807) is 7.11 Å². The summed E-state index contributed by atoms with van der Waals surface area (Å²) < 4.78 is 30.7. The number of hydrogen-bond donors (Lipinski definition) is 2. The first kappa shape index (κ1) is 21.7. The number of nitrogens with one attached hydrogen (secondary N) is 2. The van der Waals surface area contributed by atoms with E-state index < -0.39 is 10.0 Å². The average molecular weight is 424 g/mol. The molecule has 1 aromatic rings. The Morgan fingerprint density at radius 1 is 1.24 bits per heavy atom. The zero-order valence-corrected chi connectivity index (χ0v) is 17.9. The molecule has 1 aliphatic heterocycles. The lowest BCUT2D eigenvalue weighted by atomic mass is 9.71. The third-order valence-corrected chi connectivity index (χ3v) is 7.74. The maximum Gasteiger partial charge on any atom is 0.251 e. The summed E-state index contributed by atoms with van der Waals surface area (Å²) in [5.41, 5.74) is 0.412. The normalized spacial score (nSPS) is 27.2. The molecule has 1 aromatic carbocycles. The number of ether oxygens (including phenoxy) is 1. The summed E-state index contributed by atoms with van der Waals surface area (Å²) in [5.74, 6) is 0.397. The summed E-state index contributed by atoms with van der Waals surface area (Å²) in [6.07, 6.45) is 2.95. The number of nitrogens with zero attached hydrogens (tertiary/aromatic N) is 1. The molecule has 2 fully saturated rings. The monoisotopic (exact) mass is 423 g/mol. The molecule has 2 amide bonds. The highest BCUT2D eigenvalue weighted by Gasteiger charge is 2.40. The van der Waals surface area contributed by atoms with Gasteiger partial charge in [0, 0.05) is 51.9 Å². The molecule has 1 saturated carbocycles. The molecule has 1 saturated heterocycles. The predicted molar refractivity (Wildman–Crippen MR) is 108 cm³/mol. The summed E-state index contributed by atoms with van der Waals surface area (Å²) in [4.78, 5) is 24.8. The summed E-state index contributed by atoms with van der Waals surface area (Å²) >= 11 is 0. The number of carbonyl (C=O) groups is 2. The Morgan fingerprint density at radius 2 is 1.93 bits per heavy atom. The van der Waals surface area contributed by atoms with Crippen LogP contribution in [0.25, 0.3) is 0 Å². The zero-order chi connectivity index (χ0) is 21.2. The maximum atomic E-state index is 12.6. The number of rotatable bonds is 6. The molecule has 0 spiro atoms. The molecule has 29 heavy (non-hydrogen) atoms. The fraction of sp³-hybridized carbons (Fsp3) is 0.600. The van der Waals surface area contributed by atoms with Crippen LogP contribution in [-0.2, 0) is 19.6 Å². The number of piperidine rings is 1. The number of hydrogen-bond acceptors (Lipinski definition) is 5. The van der Waals surface area contributed by atoms with Crippen LogP contribution in [0.3, 0.4) is 0 Å². The molecule has 2 N–H and O–H groups in total. The largest absolute Gasteiger partial charge is 0.384 e. The van der Waals surface area contributed by atoms with Crippen LogP contribution >= 0.6 is 0 Å². The van der Waals surface area contributed by atoms with Crippen LogP contribution in [0.15, 0.2) is 29.2 Å². The zero-order valence-electron chi connectivity index (χ0n) is 17.1. The lowest BCUT2D eigenvalue weighted by Crippen LogP contribution is -2.56. The first-order chi connectivity index (χ1) is 13.7. The minimum Gasteiger partial charge on any atom is -0.384 e. The van der Waals surface area contributed by atoms with Crippen molar-refractivity contribution in [3.63, 3.8) is 0 Å². The second kappa shape index (κ2) is 8.81. The van der Waals surface area contributed by atoms with Crippen molar-refractivity contribution < 1.29 is 22.7 Å². The van der Waals surface area contributed by atoms with Crippen molar-refractivity contribution in [2.24, 2.45) is 11.8 Å². The van der Waals surface area contributed by atoms with Gasteiger partial charge in [-0.15, -0.1) is 0 Å². The van der Waals surface area contributed by atoms with Crippen LogP contribution in [0.4, 0.5) is 0 Å². The second-order valence-corrected chi connectivity index (χ2v) is 10.2. The van der Waals surface area contributed by atoms with E-state index in [1.165, 1.54) is 38.4 Å². The summed E-state index contributed by atoms with van der Waals surface area (Å²) in [6, 6.07) is 5.94. The minimum atomic E-state index is -3.52. The summed E-state index contributed by atoms with van der Waals surface area (Å²) in [5, 5.41) is 6.10. The first-order valence-corrected chi connectivity index (χ1v) is 11.3. The van der Waals surface area contributed by atoms with E-state index in [2.05, 4.69) is 10.6 Å². The molecular weight excluding hydrogens is 394 g/mol. The van der Waals surface area contributed by atoms with Crippen molar-refractivity contribution >= 4 is 21.8 Å².